The van der Waals surface area contributed by atoms with Crippen LogP contribution in [-0.4, -0.2) is 51.0 Å². The van der Waals surface area contributed by atoms with Crippen molar-refractivity contribution in [3.8, 4) is 5.75 Å². The number of ether oxygens (including phenoxy) is 1. The minimum Gasteiger partial charge on any atom is -0.406 e. The van der Waals surface area contributed by atoms with E-state index in [1.165, 1.54) is 6.07 Å². The molecule has 2 fully saturated rings. The average molecular weight is 502 g/mol. The summed E-state index contributed by atoms with van der Waals surface area (Å²) in [5.74, 6) is -0.0658. The summed E-state index contributed by atoms with van der Waals surface area (Å²) in [5.41, 5.74) is 9.48. The molecule has 1 saturated carbocycles. The van der Waals surface area contributed by atoms with Gasteiger partial charge in [-0.3, -0.25) is 9.59 Å². The number of amides is 1. The van der Waals surface area contributed by atoms with Crippen molar-refractivity contribution < 1.29 is 27.5 Å². The number of nitrogens with zero attached hydrogens (tertiary/aromatic N) is 3. The van der Waals surface area contributed by atoms with E-state index in [0.717, 1.165) is 41.7 Å². The smallest absolute Gasteiger partial charge is 0.406 e. The van der Waals surface area contributed by atoms with Crippen LogP contribution in [0.2, 0.25) is 0 Å². The molecular weight excluding hydrogens is 475 g/mol. The summed E-state index contributed by atoms with van der Waals surface area (Å²) in [7, 11) is 0. The molecule has 2 aromatic heterocycles. The van der Waals surface area contributed by atoms with Crippen molar-refractivity contribution in [3.05, 3.63) is 47.4 Å². The Balaban J connectivity index is 1.26. The first-order valence-corrected chi connectivity index (χ1v) is 12.0. The number of nitrogen functional groups attached to an aromatic ring is 1. The Kier molecular flexibility index (Phi) is 6.31. The fraction of sp³-hybridized carbons (Fsp3) is 0.440. The number of aromatic amines is 1. The van der Waals surface area contributed by atoms with Gasteiger partial charge in [0.05, 0.1) is 17.5 Å². The Bertz CT molecular complexity index is 1290. The number of rotatable bonds is 4. The van der Waals surface area contributed by atoms with Gasteiger partial charge in [0.2, 0.25) is 0 Å². The lowest BCUT2D eigenvalue weighted by Crippen LogP contribution is -2.38. The molecule has 1 amide bonds. The zero-order valence-corrected chi connectivity index (χ0v) is 19.5. The predicted molar refractivity (Wildman–Crippen MR) is 126 cm³/mol. The maximum absolute atomic E-state index is 13.0. The second-order valence-corrected chi connectivity index (χ2v) is 9.41. The lowest BCUT2D eigenvalue weighted by atomic mass is 9.86. The number of likely N-dealkylation sites (tertiary alicyclic amines) is 1. The summed E-state index contributed by atoms with van der Waals surface area (Å²) in [6, 6.07) is 3.37. The molecule has 8 nitrogen and oxygen atoms in total. The van der Waals surface area contributed by atoms with Crippen LogP contribution in [0.4, 0.5) is 18.9 Å². The molecule has 190 valence electrons. The molecule has 1 aromatic carbocycles. The Morgan fingerprint density at radius 2 is 1.83 bits per heavy atom. The van der Waals surface area contributed by atoms with Crippen LogP contribution in [-0.2, 0) is 4.79 Å². The molecule has 5 rings (SSSR count). The zero-order chi connectivity index (χ0) is 25.4. The number of ketones is 1. The second-order valence-electron chi connectivity index (χ2n) is 9.41. The van der Waals surface area contributed by atoms with Gasteiger partial charge in [0, 0.05) is 55.4 Å². The van der Waals surface area contributed by atoms with Gasteiger partial charge in [-0.2, -0.15) is 0 Å². The number of alkyl halides is 3. The molecule has 0 spiro atoms. The van der Waals surface area contributed by atoms with E-state index in [2.05, 4.69) is 14.7 Å². The van der Waals surface area contributed by atoms with Crippen molar-refractivity contribution in [2.45, 2.75) is 56.7 Å². The van der Waals surface area contributed by atoms with Gasteiger partial charge >= 0.3 is 6.36 Å². The van der Waals surface area contributed by atoms with Crippen molar-refractivity contribution in [1.82, 2.24) is 19.9 Å². The molecule has 1 aliphatic carbocycles. The van der Waals surface area contributed by atoms with Gasteiger partial charge in [0.1, 0.15) is 17.0 Å². The van der Waals surface area contributed by atoms with E-state index in [4.69, 9.17) is 10.7 Å². The fourth-order valence-electron chi connectivity index (χ4n) is 5.16. The molecule has 1 saturated heterocycles. The highest BCUT2D eigenvalue weighted by Crippen LogP contribution is 2.35. The molecule has 36 heavy (non-hydrogen) atoms. The van der Waals surface area contributed by atoms with Crippen molar-refractivity contribution in [2.75, 3.05) is 18.8 Å². The van der Waals surface area contributed by atoms with Crippen molar-refractivity contribution in [1.29, 1.82) is 0 Å². The Hall–Kier alpha value is -3.63. The third kappa shape index (κ3) is 5.00. The number of anilines is 1. The topological polar surface area (TPSA) is 114 Å². The number of nitrogens with two attached hydrogens (primary N) is 1. The molecule has 3 heterocycles. The van der Waals surface area contributed by atoms with Gasteiger partial charge in [0.15, 0.2) is 5.65 Å². The maximum Gasteiger partial charge on any atom is 0.573 e. The van der Waals surface area contributed by atoms with Crippen molar-refractivity contribution >= 4 is 28.5 Å². The van der Waals surface area contributed by atoms with Crippen LogP contribution in [0.15, 0.2) is 30.6 Å². The fourth-order valence-corrected chi connectivity index (χ4v) is 5.16. The minimum atomic E-state index is -4.83. The number of H-pyrrole nitrogens is 1. The highest BCUT2D eigenvalue weighted by Gasteiger charge is 2.32. The molecule has 0 atom stereocenters. The van der Waals surface area contributed by atoms with Crippen LogP contribution in [0.5, 0.6) is 5.75 Å². The number of Topliss-reactive ketones (excluding diaryl/α,β-unsaturated/α-hetero) is 1. The number of piperidine rings is 1. The van der Waals surface area contributed by atoms with Gasteiger partial charge < -0.3 is 20.4 Å². The number of hydrogen-bond donors (Lipinski definition) is 2. The molecule has 1 aliphatic heterocycles. The number of fused-ring (bicyclic) bond motifs is 1. The number of benzene rings is 1. The van der Waals surface area contributed by atoms with E-state index < -0.39 is 12.1 Å². The van der Waals surface area contributed by atoms with Crippen molar-refractivity contribution in [2.24, 2.45) is 0 Å². The molecular formula is C25H26F3N5O3. The van der Waals surface area contributed by atoms with Crippen LogP contribution in [0, 0.1) is 0 Å². The summed E-state index contributed by atoms with van der Waals surface area (Å²) >= 11 is 0. The lowest BCUT2D eigenvalue weighted by molar-refractivity contribution is -0.274. The number of carbonyl (C=O) groups excluding carboxylic acids is 2. The second kappa shape index (κ2) is 9.44. The van der Waals surface area contributed by atoms with E-state index >= 15 is 0 Å². The van der Waals surface area contributed by atoms with E-state index in [1.807, 2.05) is 6.20 Å². The quantitative estimate of drug-likeness (QED) is 0.502. The van der Waals surface area contributed by atoms with Gasteiger partial charge in [0.25, 0.3) is 5.91 Å². The summed E-state index contributed by atoms with van der Waals surface area (Å²) in [6.07, 6.45) is 3.06. The van der Waals surface area contributed by atoms with Gasteiger partial charge in [-0.15, -0.1) is 13.2 Å². The summed E-state index contributed by atoms with van der Waals surface area (Å²) in [4.78, 5) is 38.9. The predicted octanol–water partition coefficient (Wildman–Crippen LogP) is 4.69. The minimum absolute atomic E-state index is 0.0623. The third-order valence-electron chi connectivity index (χ3n) is 7.10. The van der Waals surface area contributed by atoms with Gasteiger partial charge in [-0.05, 0) is 43.7 Å². The van der Waals surface area contributed by atoms with Crippen LogP contribution >= 0.6 is 0 Å². The van der Waals surface area contributed by atoms with E-state index in [0.29, 0.717) is 50.2 Å². The first kappa shape index (κ1) is 24.1. The Morgan fingerprint density at radius 3 is 2.50 bits per heavy atom. The molecule has 3 aromatic rings. The first-order chi connectivity index (χ1) is 17.2. The SMILES string of the molecule is Nc1cc(OC(F)(F)F)ccc1C(=O)N1CCC(c2c[nH]c3ncc(C4CCC(=O)CC4)nc23)CC1. The van der Waals surface area contributed by atoms with Crippen LogP contribution < -0.4 is 10.5 Å². The highest BCUT2D eigenvalue weighted by atomic mass is 19.4. The number of nitrogens with one attached hydrogen (secondary N) is 1. The van der Waals surface area contributed by atoms with E-state index in [1.54, 1.807) is 11.1 Å². The number of carbonyl (C=O) groups is 2. The maximum atomic E-state index is 13.0. The molecule has 11 heteroatoms. The normalized spacial score (nSPS) is 18.1. The molecule has 0 unspecified atom stereocenters. The summed E-state index contributed by atoms with van der Waals surface area (Å²) < 4.78 is 41.2. The zero-order valence-electron chi connectivity index (χ0n) is 19.5. The molecule has 2 aliphatic rings. The monoisotopic (exact) mass is 501 g/mol. The first-order valence-electron chi connectivity index (χ1n) is 12.0. The standard InChI is InChI=1S/C25H26F3N5O3/c26-25(27,28)36-17-5-6-18(20(29)11-17)24(35)33-9-7-14(8-10-33)19-12-30-23-22(19)32-21(13-31-23)15-1-3-16(34)4-2-15/h5-6,11-15H,1-4,7-10,29H2,(H,30,31). The lowest BCUT2D eigenvalue weighted by Gasteiger charge is -2.32. The highest BCUT2D eigenvalue weighted by molar-refractivity contribution is 5.99. The summed E-state index contributed by atoms with van der Waals surface area (Å²) in [6.45, 7) is 0.961. The summed E-state index contributed by atoms with van der Waals surface area (Å²) in [5, 5.41) is 0. The number of hydrogen-bond acceptors (Lipinski definition) is 6. The Labute approximate surface area is 205 Å². The molecule has 0 bridgehead atoms. The molecule has 3 N–H and O–H groups in total. The van der Waals surface area contributed by atoms with E-state index in [9.17, 15) is 22.8 Å². The largest absolute Gasteiger partial charge is 0.573 e. The van der Waals surface area contributed by atoms with Gasteiger partial charge in [-0.25, -0.2) is 9.97 Å². The Morgan fingerprint density at radius 1 is 1.11 bits per heavy atom. The van der Waals surface area contributed by atoms with Crippen molar-refractivity contribution in [3.63, 3.8) is 0 Å². The van der Waals surface area contributed by atoms with Gasteiger partial charge in [-0.1, -0.05) is 0 Å². The number of halogens is 3. The van der Waals surface area contributed by atoms with E-state index in [-0.39, 0.29) is 29.0 Å². The van der Waals surface area contributed by atoms with Crippen LogP contribution in [0.1, 0.15) is 72.0 Å². The third-order valence-corrected chi connectivity index (χ3v) is 7.10. The molecule has 0 radical (unpaired) electrons. The number of aromatic nitrogens is 3. The van der Waals surface area contributed by atoms with Crippen LogP contribution in [0.3, 0.4) is 0 Å². The van der Waals surface area contributed by atoms with Crippen LogP contribution in [0.25, 0.3) is 11.2 Å². The average Bonchev–Trinajstić information content (AvgIpc) is 3.27.